The van der Waals surface area contributed by atoms with Gasteiger partial charge in [0, 0.05) is 26.7 Å². The van der Waals surface area contributed by atoms with Gasteiger partial charge in [-0.15, -0.1) is 0 Å². The van der Waals surface area contributed by atoms with Gasteiger partial charge in [-0.3, -0.25) is 4.79 Å². The minimum absolute atomic E-state index is 0.0273. The molecule has 0 aliphatic rings. The second-order valence-electron chi connectivity index (χ2n) is 3.82. The first-order chi connectivity index (χ1) is 7.38. The van der Waals surface area contributed by atoms with Gasteiger partial charge in [0.05, 0.1) is 6.42 Å². The molecule has 0 aromatic carbocycles. The van der Waals surface area contributed by atoms with E-state index >= 15 is 0 Å². The Balaban J connectivity index is 4.28. The molecule has 0 atom stereocenters. The van der Waals surface area contributed by atoms with Crippen LogP contribution in [0, 0.1) is 0 Å². The molecule has 0 aromatic heterocycles. The highest BCUT2D eigenvalue weighted by Gasteiger charge is 2.16. The molecule has 5 heteroatoms. The number of likely N-dealkylation sites (N-methyl/N-ethyl adjacent to an activating group) is 1. The van der Waals surface area contributed by atoms with E-state index in [4.69, 9.17) is 5.11 Å². The molecule has 5 nitrogen and oxygen atoms in total. The monoisotopic (exact) mass is 228 g/mol. The van der Waals surface area contributed by atoms with E-state index in [2.05, 4.69) is 6.58 Å². The zero-order valence-corrected chi connectivity index (χ0v) is 10.2. The fourth-order valence-electron chi connectivity index (χ4n) is 1.33. The van der Waals surface area contributed by atoms with Crippen molar-refractivity contribution in [3.63, 3.8) is 0 Å². The Morgan fingerprint density at radius 1 is 1.38 bits per heavy atom. The number of hydrogen-bond acceptors (Lipinski definition) is 2. The summed E-state index contributed by atoms with van der Waals surface area (Å²) in [5, 5.41) is 8.56. The third kappa shape index (κ3) is 5.38. The molecule has 1 N–H and O–H groups in total. The minimum atomic E-state index is -0.895. The molecule has 0 bridgehead atoms. The summed E-state index contributed by atoms with van der Waals surface area (Å²) in [6.07, 6.45) is -0.0273. The predicted octanol–water partition coefficient (Wildman–Crippen LogP) is 1.41. The molecule has 0 aliphatic heterocycles. The highest BCUT2D eigenvalue weighted by Crippen LogP contribution is 2.01. The zero-order chi connectivity index (χ0) is 12.7. The topological polar surface area (TPSA) is 60.9 Å². The van der Waals surface area contributed by atoms with Gasteiger partial charge in [0.25, 0.3) is 0 Å². The lowest BCUT2D eigenvalue weighted by Gasteiger charge is -2.26. The first kappa shape index (κ1) is 14.5. The van der Waals surface area contributed by atoms with Gasteiger partial charge in [0.1, 0.15) is 0 Å². The highest BCUT2D eigenvalue weighted by molar-refractivity contribution is 5.75. The van der Waals surface area contributed by atoms with E-state index in [0.29, 0.717) is 13.1 Å². The molecule has 0 spiro atoms. The van der Waals surface area contributed by atoms with Crippen LogP contribution in [0.3, 0.4) is 0 Å². The van der Waals surface area contributed by atoms with Crippen molar-refractivity contribution in [3.8, 4) is 0 Å². The van der Waals surface area contributed by atoms with Crippen molar-refractivity contribution in [2.75, 3.05) is 26.7 Å². The van der Waals surface area contributed by atoms with Gasteiger partial charge in [-0.2, -0.15) is 0 Å². The van der Waals surface area contributed by atoms with Crippen LogP contribution in [-0.2, 0) is 4.79 Å². The molecule has 0 radical (unpaired) electrons. The number of nitrogens with zero attached hydrogens (tertiary/aromatic N) is 2. The van der Waals surface area contributed by atoms with Crippen molar-refractivity contribution in [3.05, 3.63) is 12.2 Å². The number of carboxylic acid groups (broad SMARTS) is 1. The lowest BCUT2D eigenvalue weighted by atomic mass is 10.3. The summed E-state index contributed by atoms with van der Waals surface area (Å²) in [4.78, 5) is 25.3. The summed E-state index contributed by atoms with van der Waals surface area (Å²) in [5.74, 6) is -0.895. The lowest BCUT2D eigenvalue weighted by Crippen LogP contribution is -2.42. The number of urea groups is 1. The van der Waals surface area contributed by atoms with Crippen LogP contribution >= 0.6 is 0 Å². The van der Waals surface area contributed by atoms with Crippen LogP contribution in [0.4, 0.5) is 4.79 Å². The lowest BCUT2D eigenvalue weighted by molar-refractivity contribution is -0.137. The fourth-order valence-corrected chi connectivity index (χ4v) is 1.33. The summed E-state index contributed by atoms with van der Waals surface area (Å²) in [6.45, 7) is 8.64. The Hall–Kier alpha value is -1.52. The van der Waals surface area contributed by atoms with Crippen LogP contribution in [-0.4, -0.2) is 53.6 Å². The molecule has 0 rings (SSSR count). The zero-order valence-electron chi connectivity index (χ0n) is 10.2. The van der Waals surface area contributed by atoms with E-state index < -0.39 is 5.97 Å². The number of rotatable bonds is 6. The largest absolute Gasteiger partial charge is 0.481 e. The van der Waals surface area contributed by atoms with Crippen LogP contribution in [0.2, 0.25) is 0 Å². The second kappa shape index (κ2) is 6.87. The molecule has 2 amide bonds. The number of amides is 2. The molecule has 0 aromatic rings. The number of hydrogen-bond donors (Lipinski definition) is 1. The Bertz CT molecular complexity index is 276. The predicted molar refractivity (Wildman–Crippen MR) is 62.3 cm³/mol. The standard InChI is InChI=1S/C11H20N2O3/c1-5-13(7-6-10(14)15)11(16)12(4)8-9(2)3/h2,5-8H2,1,3-4H3,(H,14,15). The fraction of sp³-hybridized carbons (Fsp3) is 0.636. The summed E-state index contributed by atoms with van der Waals surface area (Å²) in [7, 11) is 1.68. The normalized spacial score (nSPS) is 9.69. The maximum absolute atomic E-state index is 11.8. The molecule has 92 valence electrons. The molecule has 0 fully saturated rings. The number of carbonyl (C=O) groups is 2. The van der Waals surface area contributed by atoms with Crippen molar-refractivity contribution < 1.29 is 14.7 Å². The molecular weight excluding hydrogens is 208 g/mol. The van der Waals surface area contributed by atoms with Gasteiger partial charge in [-0.05, 0) is 13.8 Å². The van der Waals surface area contributed by atoms with Gasteiger partial charge in [-0.1, -0.05) is 12.2 Å². The van der Waals surface area contributed by atoms with E-state index in [1.54, 1.807) is 7.05 Å². The van der Waals surface area contributed by atoms with Crippen LogP contribution < -0.4 is 0 Å². The number of carbonyl (C=O) groups excluding carboxylic acids is 1. The van der Waals surface area contributed by atoms with Gasteiger partial charge in [-0.25, -0.2) is 4.79 Å². The first-order valence-electron chi connectivity index (χ1n) is 5.24. The van der Waals surface area contributed by atoms with Crippen molar-refractivity contribution in [2.45, 2.75) is 20.3 Å². The van der Waals surface area contributed by atoms with Gasteiger partial charge in [0.15, 0.2) is 0 Å². The second-order valence-corrected chi connectivity index (χ2v) is 3.82. The molecule has 0 unspecified atom stereocenters. The SMILES string of the molecule is C=C(C)CN(C)C(=O)N(CC)CCC(=O)O. The van der Waals surface area contributed by atoms with Gasteiger partial charge >= 0.3 is 12.0 Å². The Kier molecular flexibility index (Phi) is 6.22. The van der Waals surface area contributed by atoms with E-state index in [-0.39, 0.29) is 19.0 Å². The Morgan fingerprint density at radius 2 is 1.94 bits per heavy atom. The Morgan fingerprint density at radius 3 is 2.31 bits per heavy atom. The summed E-state index contributed by atoms with van der Waals surface area (Å²) < 4.78 is 0. The first-order valence-corrected chi connectivity index (χ1v) is 5.24. The maximum atomic E-state index is 11.8. The van der Waals surface area contributed by atoms with E-state index in [9.17, 15) is 9.59 Å². The van der Waals surface area contributed by atoms with Crippen molar-refractivity contribution in [1.29, 1.82) is 0 Å². The third-order valence-corrected chi connectivity index (χ3v) is 2.08. The van der Waals surface area contributed by atoms with Crippen molar-refractivity contribution in [1.82, 2.24) is 9.80 Å². The third-order valence-electron chi connectivity index (χ3n) is 2.08. The highest BCUT2D eigenvalue weighted by atomic mass is 16.4. The van der Waals surface area contributed by atoms with E-state index in [1.165, 1.54) is 9.80 Å². The molecule has 0 aliphatic carbocycles. The van der Waals surface area contributed by atoms with Crippen LogP contribution in [0.1, 0.15) is 20.3 Å². The molecule has 0 saturated carbocycles. The average molecular weight is 228 g/mol. The summed E-state index contributed by atoms with van der Waals surface area (Å²) in [5.41, 5.74) is 0.894. The van der Waals surface area contributed by atoms with Gasteiger partial charge < -0.3 is 14.9 Å². The van der Waals surface area contributed by atoms with E-state index in [1.807, 2.05) is 13.8 Å². The minimum Gasteiger partial charge on any atom is -0.481 e. The maximum Gasteiger partial charge on any atom is 0.320 e. The number of aliphatic carboxylic acids is 1. The number of carboxylic acids is 1. The molecule has 16 heavy (non-hydrogen) atoms. The Labute approximate surface area is 96.3 Å². The van der Waals surface area contributed by atoms with Crippen LogP contribution in [0.25, 0.3) is 0 Å². The summed E-state index contributed by atoms with van der Waals surface area (Å²) in [6, 6.07) is -0.160. The molecule has 0 saturated heterocycles. The van der Waals surface area contributed by atoms with Crippen molar-refractivity contribution in [2.24, 2.45) is 0 Å². The summed E-state index contributed by atoms with van der Waals surface area (Å²) >= 11 is 0. The van der Waals surface area contributed by atoms with Gasteiger partial charge in [0.2, 0.25) is 0 Å². The average Bonchev–Trinajstić information content (AvgIpc) is 2.16. The van der Waals surface area contributed by atoms with Crippen LogP contribution in [0.15, 0.2) is 12.2 Å². The molecular formula is C11H20N2O3. The van der Waals surface area contributed by atoms with Crippen molar-refractivity contribution >= 4 is 12.0 Å². The van der Waals surface area contributed by atoms with E-state index in [0.717, 1.165) is 5.57 Å². The van der Waals surface area contributed by atoms with Crippen LogP contribution in [0.5, 0.6) is 0 Å². The molecule has 0 heterocycles. The quantitative estimate of drug-likeness (QED) is 0.699. The smallest absolute Gasteiger partial charge is 0.320 e.